The minimum atomic E-state index is -0.524. The predicted molar refractivity (Wildman–Crippen MR) is 113 cm³/mol. The number of ether oxygens (including phenoxy) is 2. The Kier molecular flexibility index (Phi) is 5.67. The van der Waals surface area contributed by atoms with Crippen LogP contribution in [0, 0.1) is 0 Å². The van der Waals surface area contributed by atoms with Crippen LogP contribution in [0.1, 0.15) is 12.8 Å². The van der Waals surface area contributed by atoms with Gasteiger partial charge in [0.25, 0.3) is 5.56 Å². The van der Waals surface area contributed by atoms with E-state index in [0.29, 0.717) is 28.9 Å². The molecule has 0 aliphatic carbocycles. The van der Waals surface area contributed by atoms with Crippen molar-refractivity contribution in [2.24, 2.45) is 0 Å². The van der Waals surface area contributed by atoms with Crippen LogP contribution in [0.2, 0.25) is 0 Å². The van der Waals surface area contributed by atoms with Gasteiger partial charge < -0.3 is 14.8 Å². The van der Waals surface area contributed by atoms with Crippen LogP contribution in [-0.4, -0.2) is 34.9 Å². The summed E-state index contributed by atoms with van der Waals surface area (Å²) in [5, 5.41) is 3.16. The molecular formula is C22H23N3O5. The Balaban J connectivity index is 1.71. The van der Waals surface area contributed by atoms with Crippen molar-refractivity contribution in [1.29, 1.82) is 0 Å². The van der Waals surface area contributed by atoms with E-state index in [0.717, 1.165) is 12.8 Å². The van der Waals surface area contributed by atoms with Crippen molar-refractivity contribution in [3.05, 3.63) is 69.4 Å². The first-order valence-corrected chi connectivity index (χ1v) is 9.85. The normalized spacial score (nSPS) is 16.0. The van der Waals surface area contributed by atoms with Crippen LogP contribution in [0.5, 0.6) is 5.75 Å². The Morgan fingerprint density at radius 2 is 1.90 bits per heavy atom. The number of methoxy groups -OCH3 is 1. The molecule has 1 aliphatic rings. The highest BCUT2D eigenvalue weighted by molar-refractivity contribution is 5.93. The SMILES string of the molecule is COc1ccccc1NC(=O)Cn1c(=O)n(CC2CCCO2)c(=O)c2ccccc21. The summed E-state index contributed by atoms with van der Waals surface area (Å²) < 4.78 is 13.4. The maximum Gasteiger partial charge on any atom is 0.332 e. The van der Waals surface area contributed by atoms with E-state index in [1.807, 2.05) is 0 Å². The van der Waals surface area contributed by atoms with Crippen molar-refractivity contribution in [2.75, 3.05) is 19.0 Å². The van der Waals surface area contributed by atoms with Gasteiger partial charge in [-0.15, -0.1) is 0 Å². The molecule has 1 saturated heterocycles. The molecule has 1 N–H and O–H groups in total. The molecule has 3 aromatic rings. The second kappa shape index (κ2) is 8.54. The van der Waals surface area contributed by atoms with Crippen molar-refractivity contribution >= 4 is 22.5 Å². The Morgan fingerprint density at radius 1 is 1.13 bits per heavy atom. The summed E-state index contributed by atoms with van der Waals surface area (Å²) in [5.74, 6) is 0.125. The molecule has 4 rings (SSSR count). The van der Waals surface area contributed by atoms with Gasteiger partial charge in [0.1, 0.15) is 12.3 Å². The Hall–Kier alpha value is -3.39. The summed E-state index contributed by atoms with van der Waals surface area (Å²) in [6.45, 7) is 0.572. The van der Waals surface area contributed by atoms with Gasteiger partial charge in [0.2, 0.25) is 5.91 Å². The molecule has 0 bridgehead atoms. The second-order valence-electron chi connectivity index (χ2n) is 7.19. The van der Waals surface area contributed by atoms with Crippen molar-refractivity contribution in [3.8, 4) is 5.75 Å². The Morgan fingerprint density at radius 3 is 2.67 bits per heavy atom. The van der Waals surface area contributed by atoms with Crippen LogP contribution in [0.25, 0.3) is 10.9 Å². The summed E-state index contributed by atoms with van der Waals surface area (Å²) >= 11 is 0. The van der Waals surface area contributed by atoms with Gasteiger partial charge in [-0.2, -0.15) is 0 Å². The molecule has 8 nitrogen and oxygen atoms in total. The number of anilines is 1. The van der Waals surface area contributed by atoms with Gasteiger partial charge in [0, 0.05) is 6.61 Å². The van der Waals surface area contributed by atoms with Gasteiger partial charge in [0.15, 0.2) is 0 Å². The van der Waals surface area contributed by atoms with Crippen LogP contribution in [0.15, 0.2) is 58.1 Å². The summed E-state index contributed by atoms with van der Waals surface area (Å²) in [4.78, 5) is 38.8. The fourth-order valence-corrected chi connectivity index (χ4v) is 3.76. The monoisotopic (exact) mass is 409 g/mol. The molecule has 0 spiro atoms. The molecule has 8 heteroatoms. The molecule has 2 heterocycles. The van der Waals surface area contributed by atoms with Gasteiger partial charge in [-0.05, 0) is 37.1 Å². The molecule has 1 fully saturated rings. The van der Waals surface area contributed by atoms with E-state index < -0.39 is 11.6 Å². The minimum Gasteiger partial charge on any atom is -0.495 e. The van der Waals surface area contributed by atoms with Crippen LogP contribution in [-0.2, 0) is 22.6 Å². The lowest BCUT2D eigenvalue weighted by Gasteiger charge is -2.16. The molecule has 1 aromatic heterocycles. The summed E-state index contributed by atoms with van der Waals surface area (Å²) in [7, 11) is 1.52. The molecule has 1 atom stereocenters. The molecule has 1 unspecified atom stereocenters. The van der Waals surface area contributed by atoms with E-state index >= 15 is 0 Å². The molecule has 2 aromatic carbocycles. The lowest BCUT2D eigenvalue weighted by Crippen LogP contribution is -2.43. The number of carbonyl (C=O) groups excluding carboxylic acids is 1. The topological polar surface area (TPSA) is 91.6 Å². The number of benzene rings is 2. The third-order valence-electron chi connectivity index (χ3n) is 5.23. The van der Waals surface area contributed by atoms with Crippen molar-refractivity contribution < 1.29 is 14.3 Å². The number of nitrogens with one attached hydrogen (secondary N) is 1. The lowest BCUT2D eigenvalue weighted by molar-refractivity contribution is -0.116. The largest absolute Gasteiger partial charge is 0.495 e. The van der Waals surface area contributed by atoms with Gasteiger partial charge in [-0.3, -0.25) is 18.7 Å². The fraction of sp³-hybridized carbons (Fsp3) is 0.318. The molecule has 0 saturated carbocycles. The first-order chi connectivity index (χ1) is 14.6. The number of aromatic nitrogens is 2. The van der Waals surface area contributed by atoms with E-state index in [1.54, 1.807) is 48.5 Å². The predicted octanol–water partition coefficient (Wildman–Crippen LogP) is 1.99. The third kappa shape index (κ3) is 3.86. The van der Waals surface area contributed by atoms with E-state index in [2.05, 4.69) is 5.32 Å². The molecule has 156 valence electrons. The summed E-state index contributed by atoms with van der Waals surface area (Å²) in [6, 6.07) is 13.8. The molecular weight excluding hydrogens is 386 g/mol. The molecule has 1 aliphatic heterocycles. The summed E-state index contributed by atoms with van der Waals surface area (Å²) in [5.41, 5.74) is 0.0400. The van der Waals surface area contributed by atoms with Gasteiger partial charge in [0.05, 0.1) is 36.3 Å². The zero-order valence-corrected chi connectivity index (χ0v) is 16.7. The maximum absolute atomic E-state index is 13.2. The maximum atomic E-state index is 13.2. The van der Waals surface area contributed by atoms with Gasteiger partial charge in [-0.1, -0.05) is 24.3 Å². The molecule has 30 heavy (non-hydrogen) atoms. The third-order valence-corrected chi connectivity index (χ3v) is 5.23. The first kappa shape index (κ1) is 19.9. The average molecular weight is 409 g/mol. The van der Waals surface area contributed by atoms with Crippen LogP contribution < -0.4 is 21.3 Å². The van der Waals surface area contributed by atoms with Crippen LogP contribution in [0.4, 0.5) is 5.69 Å². The highest BCUT2D eigenvalue weighted by atomic mass is 16.5. The highest BCUT2D eigenvalue weighted by Gasteiger charge is 2.21. The Labute approximate surface area is 172 Å². The Bertz CT molecular complexity index is 1190. The summed E-state index contributed by atoms with van der Waals surface area (Å²) in [6.07, 6.45) is 1.53. The quantitative estimate of drug-likeness (QED) is 0.672. The van der Waals surface area contributed by atoms with Gasteiger partial charge in [-0.25, -0.2) is 4.79 Å². The number of rotatable bonds is 6. The number of nitrogens with zero attached hydrogens (tertiary/aromatic N) is 2. The standard InChI is InChI=1S/C22H23N3O5/c1-29-19-11-5-3-9-17(19)23-20(26)14-24-18-10-4-2-8-16(18)21(27)25(22(24)28)13-15-7-6-12-30-15/h2-5,8-11,15H,6-7,12-14H2,1H3,(H,23,26). The van der Waals surface area contributed by atoms with Gasteiger partial charge >= 0.3 is 5.69 Å². The lowest BCUT2D eigenvalue weighted by atomic mass is 10.2. The number of fused-ring (bicyclic) bond motifs is 1. The first-order valence-electron chi connectivity index (χ1n) is 9.85. The zero-order valence-electron chi connectivity index (χ0n) is 16.7. The van der Waals surface area contributed by atoms with E-state index in [4.69, 9.17) is 9.47 Å². The second-order valence-corrected chi connectivity index (χ2v) is 7.19. The number of carbonyl (C=O) groups is 1. The molecule has 0 radical (unpaired) electrons. The van der Waals surface area contributed by atoms with E-state index in [9.17, 15) is 14.4 Å². The van der Waals surface area contributed by atoms with Crippen LogP contribution >= 0.6 is 0 Å². The number of hydrogen-bond acceptors (Lipinski definition) is 5. The number of hydrogen-bond donors (Lipinski definition) is 1. The van der Waals surface area contributed by atoms with E-state index in [1.165, 1.54) is 16.2 Å². The van der Waals surface area contributed by atoms with Crippen LogP contribution in [0.3, 0.4) is 0 Å². The number of para-hydroxylation sites is 3. The van der Waals surface area contributed by atoms with E-state index in [-0.39, 0.29) is 24.8 Å². The smallest absolute Gasteiger partial charge is 0.332 e. The average Bonchev–Trinajstić information content (AvgIpc) is 3.28. The van der Waals surface area contributed by atoms with Crippen molar-refractivity contribution in [3.63, 3.8) is 0 Å². The fourth-order valence-electron chi connectivity index (χ4n) is 3.76. The minimum absolute atomic E-state index is 0.174. The van der Waals surface area contributed by atoms with Crippen molar-refractivity contribution in [1.82, 2.24) is 9.13 Å². The number of amides is 1. The van der Waals surface area contributed by atoms with Crippen molar-refractivity contribution in [2.45, 2.75) is 32.0 Å². The highest BCUT2D eigenvalue weighted by Crippen LogP contribution is 2.23. The zero-order chi connectivity index (χ0) is 21.1. The molecule has 1 amide bonds.